The van der Waals surface area contributed by atoms with E-state index in [4.69, 9.17) is 0 Å². The summed E-state index contributed by atoms with van der Waals surface area (Å²) in [6.45, 7) is 4.42. The molecule has 0 amide bonds. The Morgan fingerprint density at radius 3 is 2.80 bits per heavy atom. The van der Waals surface area contributed by atoms with E-state index in [1.165, 1.54) is 13.3 Å². The lowest BCUT2D eigenvalue weighted by Crippen LogP contribution is -2.39. The molecule has 0 radical (unpaired) electrons. The summed E-state index contributed by atoms with van der Waals surface area (Å²) in [6.07, 6.45) is 4.47. The zero-order valence-electron chi connectivity index (χ0n) is 12.0. The van der Waals surface area contributed by atoms with Gasteiger partial charge in [-0.05, 0) is 44.7 Å². The number of rotatable bonds is 4. The summed E-state index contributed by atoms with van der Waals surface area (Å²) in [4.78, 5) is 24.4. The number of piperidine rings is 1. The molecule has 1 heterocycles. The molecule has 1 aromatic rings. The zero-order valence-corrected chi connectivity index (χ0v) is 12.0. The summed E-state index contributed by atoms with van der Waals surface area (Å²) in [5.74, 6) is -0.270. The van der Waals surface area contributed by atoms with Gasteiger partial charge in [0.1, 0.15) is 0 Å². The molecule has 5 heteroatoms. The predicted molar refractivity (Wildman–Crippen MR) is 78.4 cm³/mol. The van der Waals surface area contributed by atoms with E-state index in [1.54, 1.807) is 12.1 Å². The van der Waals surface area contributed by atoms with Gasteiger partial charge >= 0.3 is 0 Å². The number of benzene rings is 1. The number of carbonyl (C=O) groups is 1. The Morgan fingerprint density at radius 2 is 2.20 bits per heavy atom. The Kier molecular flexibility index (Phi) is 4.37. The first-order chi connectivity index (χ1) is 9.54. The molecule has 1 atom stereocenters. The molecule has 5 nitrogen and oxygen atoms in total. The lowest BCUT2D eigenvalue weighted by molar-refractivity contribution is -0.385. The van der Waals surface area contributed by atoms with Crippen LogP contribution in [0.15, 0.2) is 18.2 Å². The van der Waals surface area contributed by atoms with E-state index in [-0.39, 0.29) is 17.0 Å². The van der Waals surface area contributed by atoms with Crippen LogP contribution in [0.25, 0.3) is 0 Å². The first-order valence-electron chi connectivity index (χ1n) is 7.10. The average Bonchev–Trinajstić information content (AvgIpc) is 2.46. The number of hydrogen-bond donors (Lipinski definition) is 0. The molecule has 1 unspecified atom stereocenters. The fraction of sp³-hybridized carbons (Fsp3) is 0.533. The highest BCUT2D eigenvalue weighted by atomic mass is 16.6. The summed E-state index contributed by atoms with van der Waals surface area (Å²) in [5, 5.41) is 11.1. The summed E-state index contributed by atoms with van der Waals surface area (Å²) in [7, 11) is 0. The van der Waals surface area contributed by atoms with Crippen LogP contribution in [0.3, 0.4) is 0 Å². The lowest BCUT2D eigenvalue weighted by Gasteiger charge is -2.37. The second-order valence-electron chi connectivity index (χ2n) is 5.27. The smallest absolute Gasteiger partial charge is 0.282 e. The molecule has 1 aromatic carbocycles. The summed E-state index contributed by atoms with van der Waals surface area (Å²) < 4.78 is 0. The predicted octanol–water partition coefficient (Wildman–Crippen LogP) is 3.57. The number of hydrogen-bond acceptors (Lipinski definition) is 4. The number of nitrogens with zero attached hydrogens (tertiary/aromatic N) is 2. The van der Waals surface area contributed by atoms with Crippen molar-refractivity contribution in [1.29, 1.82) is 0 Å². The van der Waals surface area contributed by atoms with Gasteiger partial charge in [0.15, 0.2) is 5.78 Å². The monoisotopic (exact) mass is 276 g/mol. The van der Waals surface area contributed by atoms with Crippen LogP contribution >= 0.6 is 0 Å². The number of Topliss-reactive ketones (excluding diaryl/α,β-unsaturated/α-hetero) is 1. The van der Waals surface area contributed by atoms with Gasteiger partial charge in [-0.2, -0.15) is 0 Å². The molecule has 0 aliphatic carbocycles. The third-order valence-corrected chi connectivity index (χ3v) is 3.99. The second-order valence-corrected chi connectivity index (χ2v) is 5.27. The van der Waals surface area contributed by atoms with Gasteiger partial charge in [0.25, 0.3) is 5.69 Å². The minimum Gasteiger partial charge on any atom is -0.368 e. The van der Waals surface area contributed by atoms with E-state index in [2.05, 4.69) is 11.8 Å². The molecular weight excluding hydrogens is 256 g/mol. The molecule has 2 rings (SSSR count). The van der Waals surface area contributed by atoms with Crippen molar-refractivity contribution in [2.45, 2.75) is 45.6 Å². The van der Waals surface area contributed by atoms with Gasteiger partial charge in [-0.1, -0.05) is 6.92 Å². The van der Waals surface area contributed by atoms with Crippen molar-refractivity contribution in [1.82, 2.24) is 0 Å². The second kappa shape index (κ2) is 6.03. The van der Waals surface area contributed by atoms with E-state index < -0.39 is 4.92 Å². The highest BCUT2D eigenvalue weighted by Gasteiger charge is 2.24. The minimum atomic E-state index is -0.467. The van der Waals surface area contributed by atoms with E-state index in [0.29, 0.717) is 6.04 Å². The fourth-order valence-corrected chi connectivity index (χ4v) is 2.91. The zero-order chi connectivity index (χ0) is 14.7. The van der Waals surface area contributed by atoms with Gasteiger partial charge in [0, 0.05) is 24.3 Å². The van der Waals surface area contributed by atoms with Gasteiger partial charge in [-0.3, -0.25) is 14.9 Å². The maximum Gasteiger partial charge on any atom is 0.282 e. The van der Waals surface area contributed by atoms with Gasteiger partial charge in [-0.15, -0.1) is 0 Å². The SMILES string of the molecule is CCC1CCCCN1c1ccc(C(C)=O)c([N+](=O)[O-])c1. The molecule has 108 valence electrons. The molecule has 0 N–H and O–H groups in total. The van der Waals surface area contributed by atoms with Crippen LogP contribution in [0.5, 0.6) is 0 Å². The third kappa shape index (κ3) is 2.81. The van der Waals surface area contributed by atoms with Crippen LogP contribution in [0.1, 0.15) is 49.9 Å². The van der Waals surface area contributed by atoms with E-state index >= 15 is 0 Å². The van der Waals surface area contributed by atoms with Crippen molar-refractivity contribution in [3.8, 4) is 0 Å². The first-order valence-corrected chi connectivity index (χ1v) is 7.10. The largest absolute Gasteiger partial charge is 0.368 e. The van der Waals surface area contributed by atoms with Gasteiger partial charge in [0.05, 0.1) is 10.5 Å². The molecule has 0 spiro atoms. The molecule has 0 saturated carbocycles. The number of anilines is 1. The minimum absolute atomic E-state index is 0.0876. The van der Waals surface area contributed by atoms with E-state index in [1.807, 2.05) is 6.07 Å². The van der Waals surface area contributed by atoms with Crippen molar-refractivity contribution in [3.05, 3.63) is 33.9 Å². The van der Waals surface area contributed by atoms with Crippen LogP contribution in [0.2, 0.25) is 0 Å². The fourth-order valence-electron chi connectivity index (χ4n) is 2.91. The highest BCUT2D eigenvalue weighted by molar-refractivity contribution is 5.98. The average molecular weight is 276 g/mol. The van der Waals surface area contributed by atoms with Crippen molar-refractivity contribution in [3.63, 3.8) is 0 Å². The number of nitro groups is 1. The molecule has 1 aliphatic rings. The Hall–Kier alpha value is -1.91. The number of carbonyl (C=O) groups excluding carboxylic acids is 1. The van der Waals surface area contributed by atoms with Crippen LogP contribution in [-0.4, -0.2) is 23.3 Å². The molecule has 1 aliphatic heterocycles. The standard InChI is InChI=1S/C15H20N2O3/c1-3-12-6-4-5-9-16(12)13-7-8-14(11(2)18)15(10-13)17(19)20/h7-8,10,12H,3-6,9H2,1-2H3. The van der Waals surface area contributed by atoms with Crippen LogP contribution in [0, 0.1) is 10.1 Å². The Labute approximate surface area is 118 Å². The van der Waals surface area contributed by atoms with Gasteiger partial charge in [-0.25, -0.2) is 0 Å². The normalized spacial score (nSPS) is 18.9. The summed E-state index contributed by atoms with van der Waals surface area (Å²) >= 11 is 0. The number of ketones is 1. The molecule has 20 heavy (non-hydrogen) atoms. The van der Waals surface area contributed by atoms with Crippen LogP contribution < -0.4 is 4.90 Å². The van der Waals surface area contributed by atoms with Crippen molar-refractivity contribution < 1.29 is 9.72 Å². The summed E-state index contributed by atoms with van der Waals surface area (Å²) in [5.41, 5.74) is 0.951. The Bertz CT molecular complexity index is 528. The summed E-state index contributed by atoms with van der Waals surface area (Å²) in [6, 6.07) is 5.39. The molecule has 1 saturated heterocycles. The van der Waals surface area contributed by atoms with E-state index in [9.17, 15) is 14.9 Å². The van der Waals surface area contributed by atoms with Crippen molar-refractivity contribution >= 4 is 17.2 Å². The molecular formula is C15H20N2O3. The van der Waals surface area contributed by atoms with Crippen LogP contribution in [-0.2, 0) is 0 Å². The van der Waals surface area contributed by atoms with Crippen molar-refractivity contribution in [2.24, 2.45) is 0 Å². The molecule has 0 aromatic heterocycles. The van der Waals surface area contributed by atoms with E-state index in [0.717, 1.165) is 31.5 Å². The van der Waals surface area contributed by atoms with Crippen LogP contribution in [0.4, 0.5) is 11.4 Å². The maximum absolute atomic E-state index is 11.5. The van der Waals surface area contributed by atoms with Gasteiger partial charge in [0.2, 0.25) is 0 Å². The lowest BCUT2D eigenvalue weighted by atomic mass is 9.98. The molecule has 0 bridgehead atoms. The first kappa shape index (κ1) is 14.5. The Balaban J connectivity index is 2.39. The number of nitro benzene ring substituents is 1. The van der Waals surface area contributed by atoms with Gasteiger partial charge < -0.3 is 4.90 Å². The molecule has 1 fully saturated rings. The highest BCUT2D eigenvalue weighted by Crippen LogP contribution is 2.31. The third-order valence-electron chi connectivity index (χ3n) is 3.99. The van der Waals surface area contributed by atoms with Crippen molar-refractivity contribution in [2.75, 3.05) is 11.4 Å². The topological polar surface area (TPSA) is 63.5 Å². The quantitative estimate of drug-likeness (QED) is 0.479. The maximum atomic E-state index is 11.5. The Morgan fingerprint density at radius 1 is 1.45 bits per heavy atom.